The van der Waals surface area contributed by atoms with E-state index in [4.69, 9.17) is 22.2 Å². The van der Waals surface area contributed by atoms with Crippen LogP contribution < -0.4 is 17.2 Å². The molecule has 1 fully saturated rings. The summed E-state index contributed by atoms with van der Waals surface area (Å²) >= 11 is 0. The fourth-order valence-corrected chi connectivity index (χ4v) is 4.13. The summed E-state index contributed by atoms with van der Waals surface area (Å²) in [5.74, 6) is -0.403. The van der Waals surface area contributed by atoms with Crippen LogP contribution in [0.15, 0.2) is 59.1 Å². The fourth-order valence-electron chi connectivity index (χ4n) is 4.13. The molecule has 7 heteroatoms. The van der Waals surface area contributed by atoms with Crippen molar-refractivity contribution in [3.05, 3.63) is 71.0 Å². The minimum atomic E-state index is -0.728. The third-order valence-corrected chi connectivity index (χ3v) is 5.89. The molecule has 1 aliphatic rings. The summed E-state index contributed by atoms with van der Waals surface area (Å²) < 4.78 is 13.7. The summed E-state index contributed by atoms with van der Waals surface area (Å²) in [4.78, 5) is 21.3. The van der Waals surface area contributed by atoms with Gasteiger partial charge in [-0.25, -0.2) is 9.37 Å². The second-order valence-electron chi connectivity index (χ2n) is 8.46. The summed E-state index contributed by atoms with van der Waals surface area (Å²) in [6.07, 6.45) is 1.85. The molecule has 1 aliphatic carbocycles. The first-order chi connectivity index (χ1) is 15.2. The van der Waals surface area contributed by atoms with Crippen LogP contribution in [0.2, 0.25) is 0 Å². The molecule has 32 heavy (non-hydrogen) atoms. The van der Waals surface area contributed by atoms with Gasteiger partial charge in [0.1, 0.15) is 17.2 Å². The Kier molecular flexibility index (Phi) is 5.65. The Morgan fingerprint density at radius 1 is 1.09 bits per heavy atom. The van der Waals surface area contributed by atoms with E-state index in [2.05, 4.69) is 11.9 Å². The summed E-state index contributed by atoms with van der Waals surface area (Å²) in [7, 11) is 0. The third-order valence-electron chi connectivity index (χ3n) is 5.89. The quantitative estimate of drug-likeness (QED) is 0.324. The average molecular weight is 432 g/mol. The molecule has 1 amide bonds. The van der Waals surface area contributed by atoms with Crippen LogP contribution in [0.3, 0.4) is 0 Å². The predicted octanol–water partition coefficient (Wildman–Crippen LogP) is 3.66. The van der Waals surface area contributed by atoms with Crippen molar-refractivity contribution in [1.82, 2.24) is 4.98 Å². The second kappa shape index (κ2) is 8.42. The summed E-state index contributed by atoms with van der Waals surface area (Å²) in [6, 6.07) is 13.7. The molecule has 1 heterocycles. The zero-order valence-electron chi connectivity index (χ0n) is 18.1. The topological polar surface area (TPSA) is 120 Å². The van der Waals surface area contributed by atoms with E-state index in [9.17, 15) is 9.18 Å². The lowest BCUT2D eigenvalue weighted by Gasteiger charge is -2.29. The molecule has 0 bridgehead atoms. The van der Waals surface area contributed by atoms with Crippen molar-refractivity contribution in [2.24, 2.45) is 28.1 Å². The van der Waals surface area contributed by atoms with Gasteiger partial charge in [-0.05, 0) is 55.5 Å². The number of aromatic nitrogens is 1. The van der Waals surface area contributed by atoms with Gasteiger partial charge in [-0.2, -0.15) is 0 Å². The summed E-state index contributed by atoms with van der Waals surface area (Å²) in [6.45, 7) is 4.11. The van der Waals surface area contributed by atoms with E-state index in [0.29, 0.717) is 28.3 Å². The van der Waals surface area contributed by atoms with Gasteiger partial charge in [0.05, 0.1) is 22.9 Å². The van der Waals surface area contributed by atoms with Gasteiger partial charge in [-0.3, -0.25) is 9.79 Å². The molecule has 0 atom stereocenters. The number of fused-ring (bicyclic) bond motifs is 1. The Balaban J connectivity index is 1.79. The molecule has 0 unspecified atom stereocenters. The van der Waals surface area contributed by atoms with Crippen LogP contribution in [0.4, 0.5) is 4.39 Å². The smallest absolute Gasteiger partial charge is 0.254 e. The lowest BCUT2D eigenvalue weighted by Crippen LogP contribution is -2.33. The van der Waals surface area contributed by atoms with E-state index in [1.807, 2.05) is 19.1 Å². The van der Waals surface area contributed by atoms with Crippen LogP contribution in [0.1, 0.15) is 30.9 Å². The molecular formula is C25H26FN5O. The predicted molar refractivity (Wildman–Crippen MR) is 126 cm³/mol. The van der Waals surface area contributed by atoms with Crippen LogP contribution in [-0.4, -0.2) is 22.8 Å². The minimum Gasteiger partial charge on any atom is -0.397 e. The molecule has 164 valence electrons. The number of amides is 1. The highest BCUT2D eigenvalue weighted by molar-refractivity contribution is 6.24. The van der Waals surface area contributed by atoms with Crippen LogP contribution in [-0.2, 0) is 4.79 Å². The number of aliphatic imine (C=N–C) groups is 1. The maximum atomic E-state index is 13.7. The van der Waals surface area contributed by atoms with Crippen molar-refractivity contribution < 1.29 is 9.18 Å². The monoisotopic (exact) mass is 431 g/mol. The minimum absolute atomic E-state index is 0.0157. The number of carbonyl (C=O) groups excluding carboxylic acids is 1. The molecule has 0 saturated heterocycles. The van der Waals surface area contributed by atoms with Crippen molar-refractivity contribution in [1.29, 1.82) is 0 Å². The molecule has 6 nitrogen and oxygen atoms in total. The lowest BCUT2D eigenvalue weighted by molar-refractivity contribution is -0.114. The Morgan fingerprint density at radius 3 is 2.50 bits per heavy atom. The third kappa shape index (κ3) is 4.19. The summed E-state index contributed by atoms with van der Waals surface area (Å²) in [5.41, 5.74) is 21.8. The first-order valence-electron chi connectivity index (χ1n) is 10.5. The number of pyridine rings is 1. The molecule has 1 saturated carbocycles. The van der Waals surface area contributed by atoms with Crippen LogP contribution in [0.5, 0.6) is 0 Å². The van der Waals surface area contributed by atoms with Crippen molar-refractivity contribution >= 4 is 28.3 Å². The number of carbonyl (C=O) groups is 1. The van der Waals surface area contributed by atoms with Crippen LogP contribution in [0.25, 0.3) is 27.9 Å². The van der Waals surface area contributed by atoms with Gasteiger partial charge >= 0.3 is 0 Å². The van der Waals surface area contributed by atoms with Gasteiger partial charge in [-0.15, -0.1) is 0 Å². The van der Waals surface area contributed by atoms with Crippen molar-refractivity contribution in [2.45, 2.75) is 32.7 Å². The molecule has 6 N–H and O–H groups in total. The SMILES string of the molecule is Cc1cc(-c2cccc(F)c2)nc2cc(/C(N)=C(\C(N)=O)C(N)=NC3CC(C)C3)ccc12. The highest BCUT2D eigenvalue weighted by Crippen LogP contribution is 2.30. The number of hydrogen-bond donors (Lipinski definition) is 3. The van der Waals surface area contributed by atoms with Crippen LogP contribution in [0, 0.1) is 18.7 Å². The highest BCUT2D eigenvalue weighted by Gasteiger charge is 2.26. The van der Waals surface area contributed by atoms with E-state index in [1.165, 1.54) is 12.1 Å². The van der Waals surface area contributed by atoms with Gasteiger partial charge in [0.15, 0.2) is 0 Å². The molecule has 0 aliphatic heterocycles. The van der Waals surface area contributed by atoms with Crippen molar-refractivity contribution in [3.8, 4) is 11.3 Å². The molecule has 1 aromatic heterocycles. The van der Waals surface area contributed by atoms with Gasteiger partial charge < -0.3 is 17.2 Å². The average Bonchev–Trinajstić information content (AvgIpc) is 2.72. The first kappa shape index (κ1) is 21.5. The lowest BCUT2D eigenvalue weighted by atomic mass is 9.82. The largest absolute Gasteiger partial charge is 0.397 e. The van der Waals surface area contributed by atoms with E-state index in [0.717, 1.165) is 23.8 Å². The van der Waals surface area contributed by atoms with E-state index >= 15 is 0 Å². The number of amidine groups is 1. The normalized spacial score (nSPS) is 19.4. The van der Waals surface area contributed by atoms with Gasteiger partial charge in [0.2, 0.25) is 0 Å². The van der Waals surface area contributed by atoms with Crippen molar-refractivity contribution in [2.75, 3.05) is 0 Å². The molecule has 2 aromatic carbocycles. The highest BCUT2D eigenvalue weighted by atomic mass is 19.1. The standard InChI is InChI=1S/C25H26FN5O/c1-13-8-18(9-13)30-24(28)22(25(29)32)23(27)16-6-7-19-14(2)10-20(31-21(19)12-16)15-4-3-5-17(26)11-15/h3-7,10-13,18H,8-9,27H2,1-2H3,(H2,28,30)(H2,29,32)/b23-22+. The molecule has 4 rings (SSSR count). The zero-order chi connectivity index (χ0) is 23.0. The molecule has 0 spiro atoms. The number of nitrogens with two attached hydrogens (primary N) is 3. The number of benzene rings is 2. The van der Waals surface area contributed by atoms with E-state index in [-0.39, 0.29) is 29.0 Å². The Labute approximate surface area is 186 Å². The summed E-state index contributed by atoms with van der Waals surface area (Å²) in [5, 5.41) is 0.924. The van der Waals surface area contributed by atoms with Gasteiger partial charge in [0.25, 0.3) is 5.91 Å². The zero-order valence-corrected chi connectivity index (χ0v) is 18.1. The number of halogens is 1. The van der Waals surface area contributed by atoms with Gasteiger partial charge in [0, 0.05) is 16.5 Å². The molecule has 3 aromatic rings. The number of hydrogen-bond acceptors (Lipinski definition) is 4. The number of aryl methyl sites for hydroxylation is 1. The second-order valence-corrected chi connectivity index (χ2v) is 8.46. The van der Waals surface area contributed by atoms with Crippen LogP contribution >= 0.6 is 0 Å². The fraction of sp³-hybridized carbons (Fsp3) is 0.240. The molecule has 0 radical (unpaired) electrons. The number of nitrogens with zero attached hydrogens (tertiary/aromatic N) is 2. The van der Waals surface area contributed by atoms with E-state index < -0.39 is 5.91 Å². The number of rotatable bonds is 5. The maximum Gasteiger partial charge on any atom is 0.254 e. The molecular weight excluding hydrogens is 405 g/mol. The van der Waals surface area contributed by atoms with E-state index in [1.54, 1.807) is 24.3 Å². The van der Waals surface area contributed by atoms with Gasteiger partial charge in [-0.1, -0.05) is 31.2 Å². The van der Waals surface area contributed by atoms with Crippen molar-refractivity contribution in [3.63, 3.8) is 0 Å². The Morgan fingerprint density at radius 2 is 1.84 bits per heavy atom. The Bertz CT molecular complexity index is 1270. The number of primary amides is 1. The Hall–Kier alpha value is -3.74. The first-order valence-corrected chi connectivity index (χ1v) is 10.5. The maximum absolute atomic E-state index is 13.7.